The molecule has 0 aliphatic carbocycles. The molecule has 0 bridgehead atoms. The van der Waals surface area contributed by atoms with E-state index in [0.717, 1.165) is 12.1 Å². The van der Waals surface area contributed by atoms with Crippen LogP contribution in [0.25, 0.3) is 10.8 Å². The van der Waals surface area contributed by atoms with E-state index in [4.69, 9.17) is 11.6 Å². The standard InChI is InChI=1S/C19H12ClF3N2O3/c20-14-8-7-10(9-13(14)19(21,22)23)24-17(27)18(28)25-15-5-1-4-12-11(15)3-2-6-16(12)26/h1-9,26H,(H,24,27)(H,25,28). The van der Waals surface area contributed by atoms with Crippen molar-refractivity contribution in [1.82, 2.24) is 0 Å². The first kappa shape index (κ1) is 19.5. The minimum absolute atomic E-state index is 0.00102. The van der Waals surface area contributed by atoms with Crippen molar-refractivity contribution >= 4 is 45.6 Å². The first-order valence-corrected chi connectivity index (χ1v) is 8.24. The van der Waals surface area contributed by atoms with Gasteiger partial charge in [0.05, 0.1) is 10.6 Å². The molecule has 0 fully saturated rings. The van der Waals surface area contributed by atoms with Gasteiger partial charge >= 0.3 is 18.0 Å². The molecule has 0 aliphatic heterocycles. The first-order chi connectivity index (χ1) is 13.2. The highest BCUT2D eigenvalue weighted by molar-refractivity contribution is 6.44. The average Bonchev–Trinajstić information content (AvgIpc) is 2.63. The lowest BCUT2D eigenvalue weighted by molar-refractivity contribution is -0.137. The summed E-state index contributed by atoms with van der Waals surface area (Å²) in [6, 6.07) is 12.2. The summed E-state index contributed by atoms with van der Waals surface area (Å²) in [4.78, 5) is 24.2. The van der Waals surface area contributed by atoms with Gasteiger partial charge in [-0.25, -0.2) is 0 Å². The fourth-order valence-corrected chi connectivity index (χ4v) is 2.81. The van der Waals surface area contributed by atoms with Crippen molar-refractivity contribution < 1.29 is 27.9 Å². The normalized spacial score (nSPS) is 11.3. The van der Waals surface area contributed by atoms with Crippen molar-refractivity contribution in [3.05, 3.63) is 65.2 Å². The molecule has 0 heterocycles. The summed E-state index contributed by atoms with van der Waals surface area (Å²) in [6.07, 6.45) is -4.70. The third kappa shape index (κ3) is 4.01. The summed E-state index contributed by atoms with van der Waals surface area (Å²) in [5, 5.41) is 14.8. The van der Waals surface area contributed by atoms with Gasteiger partial charge in [-0.05, 0) is 30.3 Å². The summed E-state index contributed by atoms with van der Waals surface area (Å²) >= 11 is 5.52. The van der Waals surface area contributed by atoms with Gasteiger partial charge in [0.25, 0.3) is 0 Å². The van der Waals surface area contributed by atoms with E-state index >= 15 is 0 Å². The van der Waals surface area contributed by atoms with Crippen LogP contribution in [0, 0.1) is 0 Å². The maximum absolute atomic E-state index is 12.9. The molecule has 28 heavy (non-hydrogen) atoms. The lowest BCUT2D eigenvalue weighted by atomic mass is 10.1. The molecular formula is C19H12ClF3N2O3. The van der Waals surface area contributed by atoms with Crippen LogP contribution in [0.4, 0.5) is 24.5 Å². The predicted molar refractivity (Wildman–Crippen MR) is 99.3 cm³/mol. The molecule has 3 rings (SSSR count). The Morgan fingerprint density at radius 1 is 0.893 bits per heavy atom. The fraction of sp³-hybridized carbons (Fsp3) is 0.0526. The number of alkyl halides is 3. The van der Waals surface area contributed by atoms with Crippen molar-refractivity contribution in [3.8, 4) is 5.75 Å². The number of nitrogens with one attached hydrogen (secondary N) is 2. The molecule has 3 aromatic rings. The Kier molecular flexibility index (Phi) is 5.15. The molecule has 0 radical (unpaired) electrons. The number of fused-ring (bicyclic) bond motifs is 1. The third-order valence-corrected chi connectivity index (χ3v) is 4.21. The predicted octanol–water partition coefficient (Wildman–Crippen LogP) is 4.79. The van der Waals surface area contributed by atoms with Crippen molar-refractivity contribution in [1.29, 1.82) is 0 Å². The van der Waals surface area contributed by atoms with Gasteiger partial charge in [0.2, 0.25) is 0 Å². The fourth-order valence-electron chi connectivity index (χ4n) is 2.59. The Morgan fingerprint density at radius 2 is 1.54 bits per heavy atom. The van der Waals surface area contributed by atoms with E-state index in [-0.39, 0.29) is 17.1 Å². The zero-order valence-electron chi connectivity index (χ0n) is 14.0. The Hall–Kier alpha value is -3.26. The number of phenolic OH excluding ortho intramolecular Hbond substituents is 1. The summed E-state index contributed by atoms with van der Waals surface area (Å²) in [7, 11) is 0. The van der Waals surface area contributed by atoms with Gasteiger partial charge in [0.15, 0.2) is 0 Å². The molecule has 0 saturated heterocycles. The molecule has 0 atom stereocenters. The number of benzene rings is 3. The van der Waals surface area contributed by atoms with Gasteiger partial charge in [0.1, 0.15) is 5.75 Å². The summed E-state index contributed by atoms with van der Waals surface area (Å²) < 4.78 is 38.7. The maximum Gasteiger partial charge on any atom is 0.417 e. The zero-order valence-corrected chi connectivity index (χ0v) is 14.7. The van der Waals surface area contributed by atoms with Crippen LogP contribution in [0.1, 0.15) is 5.56 Å². The maximum atomic E-state index is 12.9. The van der Waals surface area contributed by atoms with Gasteiger partial charge < -0.3 is 15.7 Å². The smallest absolute Gasteiger partial charge is 0.417 e. The van der Waals surface area contributed by atoms with E-state index in [1.807, 2.05) is 0 Å². The quantitative estimate of drug-likeness (QED) is 0.533. The number of carbonyl (C=O) groups excluding carboxylic acids is 2. The molecule has 0 unspecified atom stereocenters. The molecule has 0 aliphatic rings. The topological polar surface area (TPSA) is 78.4 Å². The molecule has 0 aromatic heterocycles. The highest BCUT2D eigenvalue weighted by atomic mass is 35.5. The Morgan fingerprint density at radius 3 is 2.25 bits per heavy atom. The largest absolute Gasteiger partial charge is 0.507 e. The second-order valence-electron chi connectivity index (χ2n) is 5.78. The number of hydrogen-bond donors (Lipinski definition) is 3. The van der Waals surface area contributed by atoms with Crippen LogP contribution in [0.3, 0.4) is 0 Å². The monoisotopic (exact) mass is 408 g/mol. The summed E-state index contributed by atoms with van der Waals surface area (Å²) in [5.41, 5.74) is -1.09. The zero-order chi connectivity index (χ0) is 20.5. The van der Waals surface area contributed by atoms with E-state index in [1.54, 1.807) is 24.3 Å². The van der Waals surface area contributed by atoms with Crippen molar-refractivity contribution in [2.45, 2.75) is 6.18 Å². The molecular weight excluding hydrogens is 397 g/mol. The van der Waals surface area contributed by atoms with Crippen molar-refractivity contribution in [2.24, 2.45) is 0 Å². The van der Waals surface area contributed by atoms with Gasteiger partial charge in [0, 0.05) is 22.1 Å². The summed E-state index contributed by atoms with van der Waals surface area (Å²) in [5.74, 6) is -2.24. The molecule has 2 amide bonds. The number of rotatable bonds is 2. The van der Waals surface area contributed by atoms with Gasteiger partial charge in [-0.3, -0.25) is 9.59 Å². The van der Waals surface area contributed by atoms with Crippen molar-refractivity contribution in [2.75, 3.05) is 10.6 Å². The summed E-state index contributed by atoms with van der Waals surface area (Å²) in [6.45, 7) is 0. The molecule has 144 valence electrons. The molecule has 5 nitrogen and oxygen atoms in total. The van der Waals surface area contributed by atoms with Crippen LogP contribution < -0.4 is 10.6 Å². The minimum Gasteiger partial charge on any atom is -0.507 e. The highest BCUT2D eigenvalue weighted by Gasteiger charge is 2.33. The number of phenols is 1. The number of carbonyl (C=O) groups is 2. The average molecular weight is 409 g/mol. The molecule has 0 saturated carbocycles. The van der Waals surface area contributed by atoms with Crippen LogP contribution >= 0.6 is 11.6 Å². The molecule has 9 heteroatoms. The van der Waals surface area contributed by atoms with Crippen LogP contribution in [-0.4, -0.2) is 16.9 Å². The van der Waals surface area contributed by atoms with E-state index in [1.165, 1.54) is 12.1 Å². The van der Waals surface area contributed by atoms with E-state index in [2.05, 4.69) is 10.6 Å². The van der Waals surface area contributed by atoms with E-state index < -0.39 is 28.6 Å². The van der Waals surface area contributed by atoms with Gasteiger partial charge in [-0.1, -0.05) is 35.9 Å². The minimum atomic E-state index is -4.70. The number of aromatic hydroxyl groups is 1. The lowest BCUT2D eigenvalue weighted by Gasteiger charge is -2.12. The number of amides is 2. The molecule has 3 N–H and O–H groups in total. The second kappa shape index (κ2) is 7.40. The lowest BCUT2D eigenvalue weighted by Crippen LogP contribution is -2.29. The van der Waals surface area contributed by atoms with E-state index in [9.17, 15) is 27.9 Å². The van der Waals surface area contributed by atoms with Crippen LogP contribution in [0.2, 0.25) is 5.02 Å². The second-order valence-corrected chi connectivity index (χ2v) is 6.19. The Labute approximate surface area is 161 Å². The first-order valence-electron chi connectivity index (χ1n) is 7.86. The van der Waals surface area contributed by atoms with Crippen LogP contribution in [-0.2, 0) is 15.8 Å². The van der Waals surface area contributed by atoms with Crippen molar-refractivity contribution in [3.63, 3.8) is 0 Å². The molecule has 3 aromatic carbocycles. The number of halogens is 4. The van der Waals surface area contributed by atoms with Crippen LogP contribution in [0.5, 0.6) is 5.75 Å². The van der Waals surface area contributed by atoms with Gasteiger partial charge in [-0.2, -0.15) is 13.2 Å². The molecule has 0 spiro atoms. The van der Waals surface area contributed by atoms with Gasteiger partial charge in [-0.15, -0.1) is 0 Å². The van der Waals surface area contributed by atoms with Crippen LogP contribution in [0.15, 0.2) is 54.6 Å². The number of anilines is 2. The SMILES string of the molecule is O=C(Nc1ccc(Cl)c(C(F)(F)F)c1)C(=O)Nc1cccc2c(O)cccc12. The Balaban J connectivity index is 1.80. The highest BCUT2D eigenvalue weighted by Crippen LogP contribution is 2.36. The number of hydrogen-bond acceptors (Lipinski definition) is 3. The third-order valence-electron chi connectivity index (χ3n) is 3.88. The Bertz CT molecular complexity index is 1080. The van der Waals surface area contributed by atoms with E-state index in [0.29, 0.717) is 16.8 Å².